The molecule has 1 aromatic carbocycles. The van der Waals surface area contributed by atoms with Gasteiger partial charge in [-0.1, -0.05) is 12.1 Å². The monoisotopic (exact) mass is 397 g/mol. The van der Waals surface area contributed by atoms with Gasteiger partial charge in [-0.25, -0.2) is 0 Å². The lowest BCUT2D eigenvalue weighted by molar-refractivity contribution is -0.138. The summed E-state index contributed by atoms with van der Waals surface area (Å²) in [6.45, 7) is 8.68. The Morgan fingerprint density at radius 1 is 1.15 bits per heavy atom. The van der Waals surface area contributed by atoms with Crippen LogP contribution in [0.15, 0.2) is 18.2 Å². The highest BCUT2D eigenvalue weighted by Crippen LogP contribution is 2.64. The average Bonchev–Trinajstić information content (AvgIpc) is 3.11. The van der Waals surface area contributed by atoms with Crippen molar-refractivity contribution in [1.82, 2.24) is 9.80 Å². The summed E-state index contributed by atoms with van der Waals surface area (Å²) in [5.74, 6) is -0.0184. The zero-order chi connectivity index (χ0) is 19.1. The van der Waals surface area contributed by atoms with E-state index in [1.54, 1.807) is 0 Å². The Labute approximate surface area is 164 Å². The van der Waals surface area contributed by atoms with E-state index < -0.39 is 9.75 Å². The van der Waals surface area contributed by atoms with E-state index in [1.165, 1.54) is 0 Å². The summed E-state index contributed by atoms with van der Waals surface area (Å²) < 4.78 is -0.938. The number of benzene rings is 1. The predicted molar refractivity (Wildman–Crippen MR) is 105 cm³/mol. The molecule has 142 valence electrons. The quantitative estimate of drug-likeness (QED) is 0.794. The molecule has 1 atom stereocenters. The predicted octanol–water partition coefficient (Wildman–Crippen LogP) is 2.97. The highest BCUT2D eigenvalue weighted by molar-refractivity contribution is 6.53. The molecule has 7 heteroatoms. The number of carbonyl (C=O) groups is 2. The van der Waals surface area contributed by atoms with Crippen LogP contribution in [0.1, 0.15) is 24.5 Å². The number of piperazine rings is 1. The molecule has 5 nitrogen and oxygen atoms in total. The summed E-state index contributed by atoms with van der Waals surface area (Å²) in [4.78, 5) is 28.8. The van der Waals surface area contributed by atoms with E-state index in [0.717, 1.165) is 16.8 Å². The Kier molecular flexibility index (Phi) is 5.26. The van der Waals surface area contributed by atoms with Gasteiger partial charge in [0.1, 0.15) is 4.33 Å². The fourth-order valence-electron chi connectivity index (χ4n) is 3.37. The number of nitrogens with one attached hydrogen (secondary N) is 1. The third kappa shape index (κ3) is 3.71. The summed E-state index contributed by atoms with van der Waals surface area (Å²) >= 11 is 12.2. The number of anilines is 1. The van der Waals surface area contributed by atoms with Gasteiger partial charge in [-0.3, -0.25) is 14.5 Å². The maximum absolute atomic E-state index is 12.6. The first-order valence-corrected chi connectivity index (χ1v) is 9.65. The molecule has 26 heavy (non-hydrogen) atoms. The van der Waals surface area contributed by atoms with Gasteiger partial charge in [0.25, 0.3) is 0 Å². The zero-order valence-electron chi connectivity index (χ0n) is 15.4. The second-order valence-electron chi connectivity index (χ2n) is 7.58. The van der Waals surface area contributed by atoms with E-state index in [9.17, 15) is 9.59 Å². The lowest BCUT2D eigenvalue weighted by Crippen LogP contribution is -2.52. The van der Waals surface area contributed by atoms with Gasteiger partial charge in [0.15, 0.2) is 0 Å². The summed E-state index contributed by atoms with van der Waals surface area (Å²) in [5.41, 5.74) is 2.42. The molecule has 1 aromatic rings. The summed E-state index contributed by atoms with van der Waals surface area (Å²) in [6, 6.07) is 5.88. The van der Waals surface area contributed by atoms with Crippen LogP contribution in [-0.4, -0.2) is 58.7 Å². The number of nitrogens with zero attached hydrogens (tertiary/aromatic N) is 2. The minimum Gasteiger partial charge on any atom is -0.340 e. The molecule has 2 amide bonds. The SMILES string of the molecule is Cc1cccc(NC(=O)CN2CCN(C(=O)[C@]3(C)CC3(Cl)Cl)CC2)c1C. The first-order chi connectivity index (χ1) is 12.1. The number of hydrogen-bond donors (Lipinski definition) is 1. The molecule has 1 saturated heterocycles. The van der Waals surface area contributed by atoms with Gasteiger partial charge in [-0.05, 0) is 44.4 Å². The maximum atomic E-state index is 12.6. The van der Waals surface area contributed by atoms with Crippen molar-refractivity contribution in [3.05, 3.63) is 29.3 Å². The van der Waals surface area contributed by atoms with E-state index >= 15 is 0 Å². The third-order valence-corrected chi connectivity index (χ3v) is 6.74. The Morgan fingerprint density at radius 3 is 2.35 bits per heavy atom. The van der Waals surface area contributed by atoms with Gasteiger partial charge >= 0.3 is 0 Å². The lowest BCUT2D eigenvalue weighted by atomic mass is 10.1. The van der Waals surface area contributed by atoms with Gasteiger partial charge in [0.2, 0.25) is 11.8 Å². The van der Waals surface area contributed by atoms with Crippen molar-refractivity contribution >= 4 is 40.7 Å². The van der Waals surface area contributed by atoms with Crippen LogP contribution in [0.2, 0.25) is 0 Å². The molecule has 0 spiro atoms. The van der Waals surface area contributed by atoms with Crippen LogP contribution in [0.3, 0.4) is 0 Å². The van der Waals surface area contributed by atoms with Crippen LogP contribution in [0.5, 0.6) is 0 Å². The van der Waals surface area contributed by atoms with Crippen LogP contribution in [0, 0.1) is 19.3 Å². The fraction of sp³-hybridized carbons (Fsp3) is 0.579. The molecule has 0 bridgehead atoms. The van der Waals surface area contributed by atoms with E-state index in [4.69, 9.17) is 23.2 Å². The van der Waals surface area contributed by atoms with Crippen LogP contribution >= 0.6 is 23.2 Å². The normalized spacial score (nSPS) is 25.0. The highest BCUT2D eigenvalue weighted by atomic mass is 35.5. The van der Waals surface area contributed by atoms with Gasteiger partial charge in [0, 0.05) is 31.9 Å². The van der Waals surface area contributed by atoms with Crippen LogP contribution in [0.4, 0.5) is 5.69 Å². The van der Waals surface area contributed by atoms with Crippen molar-refractivity contribution in [2.45, 2.75) is 31.5 Å². The number of alkyl halides is 2. The van der Waals surface area contributed by atoms with Crippen molar-refractivity contribution in [3.8, 4) is 0 Å². The maximum Gasteiger partial charge on any atom is 0.238 e. The standard InChI is InChI=1S/C19H25Cl2N3O2/c1-13-5-4-6-15(14(13)2)22-16(25)11-23-7-9-24(10-8-23)17(26)18(3)12-19(18,20)21/h4-6H,7-12H2,1-3H3,(H,22,25)/t18-/m0/s1. The minimum absolute atomic E-state index is 0.0157. The van der Waals surface area contributed by atoms with Gasteiger partial charge in [0.05, 0.1) is 12.0 Å². The molecule has 1 heterocycles. The Hall–Kier alpha value is -1.30. The fourth-order valence-corrected chi connectivity index (χ4v) is 4.07. The Morgan fingerprint density at radius 2 is 1.77 bits per heavy atom. The second-order valence-corrected chi connectivity index (χ2v) is 9.06. The highest BCUT2D eigenvalue weighted by Gasteiger charge is 2.68. The molecular formula is C19H25Cl2N3O2. The van der Waals surface area contributed by atoms with Gasteiger partial charge in [-0.2, -0.15) is 0 Å². The van der Waals surface area contributed by atoms with Gasteiger partial charge in [-0.15, -0.1) is 23.2 Å². The van der Waals surface area contributed by atoms with E-state index in [2.05, 4.69) is 10.2 Å². The number of carbonyl (C=O) groups excluding carboxylic acids is 2. The second kappa shape index (κ2) is 7.02. The van der Waals surface area contributed by atoms with Crippen molar-refractivity contribution in [2.24, 2.45) is 5.41 Å². The molecule has 1 N–H and O–H groups in total. The number of halogens is 2. The molecule has 0 aromatic heterocycles. The van der Waals surface area contributed by atoms with Crippen molar-refractivity contribution < 1.29 is 9.59 Å². The first-order valence-electron chi connectivity index (χ1n) is 8.90. The minimum atomic E-state index is -0.938. The summed E-state index contributed by atoms with van der Waals surface area (Å²) in [7, 11) is 0. The topological polar surface area (TPSA) is 52.7 Å². The van der Waals surface area contributed by atoms with E-state index in [0.29, 0.717) is 39.1 Å². The van der Waals surface area contributed by atoms with E-state index in [-0.39, 0.29) is 11.8 Å². The van der Waals surface area contributed by atoms with Crippen molar-refractivity contribution in [3.63, 3.8) is 0 Å². The molecule has 2 aliphatic rings. The zero-order valence-corrected chi connectivity index (χ0v) is 17.0. The lowest BCUT2D eigenvalue weighted by Gasteiger charge is -2.36. The largest absolute Gasteiger partial charge is 0.340 e. The molecule has 0 unspecified atom stereocenters. The Bertz CT molecular complexity index is 729. The first kappa shape index (κ1) is 19.5. The number of hydrogen-bond acceptors (Lipinski definition) is 3. The number of aryl methyl sites for hydroxylation is 1. The number of amides is 2. The third-order valence-electron chi connectivity index (χ3n) is 5.64. The number of rotatable bonds is 4. The Balaban J connectivity index is 1.49. The van der Waals surface area contributed by atoms with Crippen molar-refractivity contribution in [2.75, 3.05) is 38.0 Å². The van der Waals surface area contributed by atoms with Crippen molar-refractivity contribution in [1.29, 1.82) is 0 Å². The van der Waals surface area contributed by atoms with Crippen LogP contribution in [-0.2, 0) is 9.59 Å². The van der Waals surface area contributed by atoms with E-state index in [1.807, 2.05) is 43.9 Å². The van der Waals surface area contributed by atoms with Gasteiger partial charge < -0.3 is 10.2 Å². The summed E-state index contributed by atoms with van der Waals surface area (Å²) in [5, 5.41) is 2.98. The molecule has 0 radical (unpaired) electrons. The summed E-state index contributed by atoms with van der Waals surface area (Å²) in [6.07, 6.45) is 0.500. The molecular weight excluding hydrogens is 373 g/mol. The van der Waals surface area contributed by atoms with Crippen LogP contribution in [0.25, 0.3) is 0 Å². The molecule has 3 rings (SSSR count). The molecule has 2 fully saturated rings. The molecule has 1 aliphatic heterocycles. The van der Waals surface area contributed by atoms with Crippen LogP contribution < -0.4 is 5.32 Å². The molecule has 1 aliphatic carbocycles. The molecule has 1 saturated carbocycles. The average molecular weight is 398 g/mol. The smallest absolute Gasteiger partial charge is 0.238 e.